The molecule has 1 aliphatic carbocycles. The van der Waals surface area contributed by atoms with Crippen molar-refractivity contribution in [2.45, 2.75) is 18.6 Å². The largest absolute Gasteiger partial charge is 0.462 e. The second-order valence-electron chi connectivity index (χ2n) is 8.87. The molecule has 0 aromatic heterocycles. The van der Waals surface area contributed by atoms with E-state index < -0.39 is 11.6 Å². The zero-order valence-electron chi connectivity index (χ0n) is 17.5. The van der Waals surface area contributed by atoms with Gasteiger partial charge in [-0.05, 0) is 19.1 Å². The van der Waals surface area contributed by atoms with Gasteiger partial charge in [-0.3, -0.25) is 14.5 Å². The van der Waals surface area contributed by atoms with E-state index in [2.05, 4.69) is 11.4 Å². The smallest absolute Gasteiger partial charge is 0.257 e. The molecule has 0 bridgehead atoms. The van der Waals surface area contributed by atoms with Crippen molar-refractivity contribution in [3.8, 4) is 5.75 Å². The Balaban J connectivity index is 1.59. The molecule has 3 heterocycles. The normalized spacial score (nSPS) is 24.4. The lowest BCUT2D eigenvalue weighted by atomic mass is 9.78. The Hall–Kier alpha value is -3.86. The summed E-state index contributed by atoms with van der Waals surface area (Å²) in [7, 11) is 0. The van der Waals surface area contributed by atoms with Crippen molar-refractivity contribution >= 4 is 17.4 Å². The predicted molar refractivity (Wildman–Crippen MR) is 119 cm³/mol. The number of Topliss-reactive ketones (excluding diaryl/α,β-unsaturated/α-hetero) is 1. The SMILES string of the molecule is Cc1ccc2c(c1)[C@@H]1C3=C(NCCN4C(=O)c5ccccc5[C@@]14O2)c1ccccc1C3=O. The molecule has 4 aliphatic rings. The number of amides is 1. The molecule has 5 heteroatoms. The molecule has 32 heavy (non-hydrogen) atoms. The quantitative estimate of drug-likeness (QED) is 0.598. The van der Waals surface area contributed by atoms with Gasteiger partial charge in [-0.2, -0.15) is 0 Å². The van der Waals surface area contributed by atoms with Crippen LogP contribution in [0.2, 0.25) is 0 Å². The van der Waals surface area contributed by atoms with Gasteiger partial charge in [0.15, 0.2) is 5.78 Å². The Morgan fingerprint density at radius 1 is 0.969 bits per heavy atom. The number of rotatable bonds is 0. The molecule has 1 N–H and O–H groups in total. The first kappa shape index (κ1) is 17.8. The molecule has 0 saturated carbocycles. The third-order valence-corrected chi connectivity index (χ3v) is 7.20. The summed E-state index contributed by atoms with van der Waals surface area (Å²) in [6, 6.07) is 21.5. The van der Waals surface area contributed by atoms with Crippen LogP contribution in [0.15, 0.2) is 72.3 Å². The van der Waals surface area contributed by atoms with Gasteiger partial charge < -0.3 is 10.1 Å². The van der Waals surface area contributed by atoms with Crippen molar-refractivity contribution < 1.29 is 14.3 Å². The Labute approximate surface area is 185 Å². The van der Waals surface area contributed by atoms with Crippen LogP contribution >= 0.6 is 0 Å². The molecule has 3 aliphatic heterocycles. The monoisotopic (exact) mass is 420 g/mol. The predicted octanol–water partition coefficient (Wildman–Crippen LogP) is 3.99. The summed E-state index contributed by atoms with van der Waals surface area (Å²) in [4.78, 5) is 29.2. The Morgan fingerprint density at radius 2 is 1.72 bits per heavy atom. The van der Waals surface area contributed by atoms with Crippen LogP contribution in [-0.2, 0) is 5.72 Å². The summed E-state index contributed by atoms with van der Waals surface area (Å²) in [6.07, 6.45) is 0. The number of aryl methyl sites for hydroxylation is 1. The van der Waals surface area contributed by atoms with E-state index in [9.17, 15) is 9.59 Å². The third kappa shape index (κ3) is 1.95. The minimum atomic E-state index is -1.07. The maximum absolute atomic E-state index is 13.9. The molecular formula is C27H20N2O3. The van der Waals surface area contributed by atoms with E-state index in [-0.39, 0.29) is 11.7 Å². The van der Waals surface area contributed by atoms with Crippen molar-refractivity contribution in [3.05, 3.63) is 106 Å². The van der Waals surface area contributed by atoms with Gasteiger partial charge in [0.2, 0.25) is 5.72 Å². The van der Waals surface area contributed by atoms with Crippen LogP contribution < -0.4 is 10.1 Å². The van der Waals surface area contributed by atoms with E-state index in [4.69, 9.17) is 4.74 Å². The molecule has 1 spiro atoms. The van der Waals surface area contributed by atoms with Gasteiger partial charge in [-0.15, -0.1) is 0 Å². The van der Waals surface area contributed by atoms with Gasteiger partial charge in [0.25, 0.3) is 5.91 Å². The average Bonchev–Trinajstić information content (AvgIpc) is 3.34. The number of ketones is 1. The van der Waals surface area contributed by atoms with Crippen LogP contribution in [0.3, 0.4) is 0 Å². The van der Waals surface area contributed by atoms with Crippen molar-refractivity contribution in [1.82, 2.24) is 10.2 Å². The van der Waals surface area contributed by atoms with E-state index in [0.717, 1.165) is 33.7 Å². The zero-order chi connectivity index (χ0) is 21.6. The highest BCUT2D eigenvalue weighted by atomic mass is 16.5. The van der Waals surface area contributed by atoms with Crippen molar-refractivity contribution in [3.63, 3.8) is 0 Å². The fraction of sp³-hybridized carbons (Fsp3) is 0.185. The number of nitrogens with one attached hydrogen (secondary N) is 1. The van der Waals surface area contributed by atoms with Crippen molar-refractivity contribution in [1.29, 1.82) is 0 Å². The maximum Gasteiger partial charge on any atom is 0.257 e. The lowest BCUT2D eigenvalue weighted by Gasteiger charge is -2.41. The third-order valence-electron chi connectivity index (χ3n) is 7.20. The first-order valence-electron chi connectivity index (χ1n) is 10.9. The molecular weight excluding hydrogens is 400 g/mol. The molecule has 0 fully saturated rings. The van der Waals surface area contributed by atoms with Gasteiger partial charge in [-0.1, -0.05) is 60.2 Å². The number of carbonyl (C=O) groups is 2. The van der Waals surface area contributed by atoms with Gasteiger partial charge in [-0.25, -0.2) is 0 Å². The Bertz CT molecular complexity index is 1410. The van der Waals surface area contributed by atoms with E-state index in [1.54, 1.807) is 0 Å². The molecule has 5 nitrogen and oxygen atoms in total. The molecule has 0 radical (unpaired) electrons. The second kappa shape index (κ2) is 5.88. The van der Waals surface area contributed by atoms with E-state index in [1.807, 2.05) is 72.5 Å². The number of hydrogen-bond donors (Lipinski definition) is 1. The number of hydrogen-bond acceptors (Lipinski definition) is 4. The lowest BCUT2D eigenvalue weighted by Crippen LogP contribution is -2.53. The van der Waals surface area contributed by atoms with Gasteiger partial charge in [0, 0.05) is 46.5 Å². The van der Waals surface area contributed by atoms with Crippen molar-refractivity contribution in [2.24, 2.45) is 0 Å². The summed E-state index contributed by atoms with van der Waals surface area (Å²) in [5.41, 5.74) is 5.64. The highest BCUT2D eigenvalue weighted by molar-refractivity contribution is 6.21. The summed E-state index contributed by atoms with van der Waals surface area (Å²) >= 11 is 0. The highest BCUT2D eigenvalue weighted by Gasteiger charge is 2.64. The topological polar surface area (TPSA) is 58.6 Å². The first-order valence-corrected chi connectivity index (χ1v) is 10.9. The van der Waals surface area contributed by atoms with Crippen LogP contribution in [0.4, 0.5) is 0 Å². The van der Waals surface area contributed by atoms with Gasteiger partial charge in [0.1, 0.15) is 5.75 Å². The summed E-state index contributed by atoms with van der Waals surface area (Å²) < 4.78 is 6.76. The molecule has 0 unspecified atom stereocenters. The van der Waals surface area contributed by atoms with Crippen LogP contribution in [-0.4, -0.2) is 29.7 Å². The highest BCUT2D eigenvalue weighted by Crippen LogP contribution is 2.61. The maximum atomic E-state index is 13.9. The van der Waals surface area contributed by atoms with E-state index in [1.165, 1.54) is 0 Å². The Kier molecular flexibility index (Phi) is 3.27. The van der Waals surface area contributed by atoms with E-state index >= 15 is 0 Å². The summed E-state index contributed by atoms with van der Waals surface area (Å²) in [5, 5.41) is 3.49. The van der Waals surface area contributed by atoms with Gasteiger partial charge >= 0.3 is 0 Å². The second-order valence-corrected chi connectivity index (χ2v) is 8.87. The molecule has 3 aromatic rings. The molecule has 7 rings (SSSR count). The standard InChI is InChI=1S/C27H20N2O3/c1-15-10-11-21-19(14-15)23-22-24(16-6-2-3-7-17(16)25(22)30)28-12-13-29-26(31)18-8-4-5-9-20(18)27(23,29)32-21/h2-11,14,23,28H,12-13H2,1H3/t23-,27-/m1/s1. The zero-order valence-corrected chi connectivity index (χ0v) is 17.5. The van der Waals surface area contributed by atoms with E-state index in [0.29, 0.717) is 29.8 Å². The first-order chi connectivity index (χ1) is 15.6. The van der Waals surface area contributed by atoms with Gasteiger partial charge in [0.05, 0.1) is 11.6 Å². The number of nitrogens with zero attached hydrogens (tertiary/aromatic N) is 1. The van der Waals surface area contributed by atoms with Crippen LogP contribution in [0.25, 0.3) is 5.70 Å². The number of carbonyl (C=O) groups excluding carboxylic acids is 2. The van der Waals surface area contributed by atoms with Crippen LogP contribution in [0.5, 0.6) is 5.75 Å². The van der Waals surface area contributed by atoms with Crippen molar-refractivity contribution in [2.75, 3.05) is 13.1 Å². The number of fused-ring (bicyclic) bond motifs is 6. The molecule has 0 saturated heterocycles. The summed E-state index contributed by atoms with van der Waals surface area (Å²) in [5.74, 6) is 0.258. The molecule has 1 amide bonds. The fourth-order valence-electron chi connectivity index (χ4n) is 5.95. The average molecular weight is 420 g/mol. The lowest BCUT2D eigenvalue weighted by molar-refractivity contribution is -0.0565. The molecule has 2 atom stereocenters. The Morgan fingerprint density at radius 3 is 2.56 bits per heavy atom. The minimum absolute atomic E-state index is 0.00381. The fourth-order valence-corrected chi connectivity index (χ4v) is 5.95. The molecule has 3 aromatic carbocycles. The number of benzene rings is 3. The number of ether oxygens (including phenoxy) is 1. The summed E-state index contributed by atoms with van der Waals surface area (Å²) in [6.45, 7) is 3.05. The van der Waals surface area contributed by atoms with Crippen LogP contribution in [0, 0.1) is 6.92 Å². The molecule has 156 valence electrons. The van der Waals surface area contributed by atoms with Crippen LogP contribution in [0.1, 0.15) is 48.9 Å². The minimum Gasteiger partial charge on any atom is -0.462 e.